The molecule has 0 saturated heterocycles. The van der Waals surface area contributed by atoms with E-state index in [1.165, 1.54) is 56.1 Å². The molecule has 2 rings (SSSR count). The monoisotopic (exact) mass is 188 g/mol. The third-order valence-electron chi connectivity index (χ3n) is 3.95. The second-order valence-corrected chi connectivity index (χ2v) is 4.87. The molecule has 0 nitrogen and oxygen atoms in total. The quantitative estimate of drug-likeness (QED) is 0.602. The van der Waals surface area contributed by atoms with Gasteiger partial charge in [0.25, 0.3) is 0 Å². The summed E-state index contributed by atoms with van der Waals surface area (Å²) in [6, 6.07) is 0. The molecule has 0 bridgehead atoms. The van der Waals surface area contributed by atoms with Crippen LogP contribution in [0.1, 0.15) is 44.9 Å². The van der Waals surface area contributed by atoms with Gasteiger partial charge in [-0.2, -0.15) is 0 Å². The second-order valence-electron chi connectivity index (χ2n) is 4.87. The lowest BCUT2D eigenvalue weighted by Crippen LogP contribution is -2.20. The largest absolute Gasteiger partial charge is 0.0988 e. The van der Waals surface area contributed by atoms with Crippen LogP contribution in [0.4, 0.5) is 0 Å². The summed E-state index contributed by atoms with van der Waals surface area (Å²) in [4.78, 5) is 0. The van der Waals surface area contributed by atoms with Crippen LogP contribution in [0.3, 0.4) is 0 Å². The van der Waals surface area contributed by atoms with Crippen molar-refractivity contribution in [3.63, 3.8) is 0 Å². The van der Waals surface area contributed by atoms with Gasteiger partial charge in [0, 0.05) is 0 Å². The van der Waals surface area contributed by atoms with Crippen LogP contribution in [0.25, 0.3) is 0 Å². The van der Waals surface area contributed by atoms with Crippen LogP contribution < -0.4 is 0 Å². The maximum atomic E-state index is 3.91. The molecule has 1 spiro atoms. The Hall–Kier alpha value is -0.780. The van der Waals surface area contributed by atoms with Crippen molar-refractivity contribution in [3.05, 3.63) is 36.5 Å². The van der Waals surface area contributed by atoms with Crippen LogP contribution in [-0.4, -0.2) is 0 Å². The lowest BCUT2D eigenvalue weighted by atomic mass is 9.71. The van der Waals surface area contributed by atoms with E-state index >= 15 is 0 Å². The third-order valence-corrected chi connectivity index (χ3v) is 3.95. The normalized spacial score (nSPS) is 25.4. The fourth-order valence-corrected chi connectivity index (χ4v) is 3.16. The van der Waals surface area contributed by atoms with E-state index in [0.717, 1.165) is 0 Å². The molecule has 0 atom stereocenters. The van der Waals surface area contributed by atoms with Crippen molar-refractivity contribution >= 4 is 0 Å². The zero-order chi connectivity index (χ0) is 10.0. The summed E-state index contributed by atoms with van der Waals surface area (Å²) >= 11 is 0. The van der Waals surface area contributed by atoms with Gasteiger partial charge < -0.3 is 0 Å². The van der Waals surface area contributed by atoms with Crippen molar-refractivity contribution in [1.29, 1.82) is 0 Å². The molecule has 1 saturated carbocycles. The van der Waals surface area contributed by atoms with E-state index in [9.17, 15) is 0 Å². The van der Waals surface area contributed by atoms with Gasteiger partial charge in [-0.3, -0.25) is 0 Å². The first kappa shape index (κ1) is 9.76. The highest BCUT2D eigenvalue weighted by Gasteiger charge is 2.37. The SMILES string of the molecule is C=CC1=C(C=C)CC2(CCCCC2)C1. The van der Waals surface area contributed by atoms with Gasteiger partial charge in [-0.05, 0) is 42.2 Å². The Morgan fingerprint density at radius 1 is 0.857 bits per heavy atom. The number of hydrogen-bond acceptors (Lipinski definition) is 0. The molecule has 0 N–H and O–H groups in total. The molecular formula is C14H20. The molecule has 0 heteroatoms. The third kappa shape index (κ3) is 1.58. The van der Waals surface area contributed by atoms with Gasteiger partial charge in [0.05, 0.1) is 0 Å². The Bertz CT molecular complexity index is 252. The summed E-state index contributed by atoms with van der Waals surface area (Å²) in [5, 5.41) is 0. The van der Waals surface area contributed by atoms with Gasteiger partial charge in [-0.1, -0.05) is 44.6 Å². The summed E-state index contributed by atoms with van der Waals surface area (Å²) in [7, 11) is 0. The molecule has 76 valence electrons. The van der Waals surface area contributed by atoms with Gasteiger partial charge in [0.1, 0.15) is 0 Å². The lowest BCUT2D eigenvalue weighted by Gasteiger charge is -2.33. The fraction of sp³-hybridized carbons (Fsp3) is 0.571. The van der Waals surface area contributed by atoms with Crippen LogP contribution in [0.2, 0.25) is 0 Å². The lowest BCUT2D eigenvalue weighted by molar-refractivity contribution is 0.203. The minimum absolute atomic E-state index is 0.602. The Balaban J connectivity index is 2.15. The second kappa shape index (κ2) is 3.76. The van der Waals surface area contributed by atoms with E-state index in [-0.39, 0.29) is 0 Å². The average molecular weight is 188 g/mol. The van der Waals surface area contributed by atoms with Crippen LogP contribution >= 0.6 is 0 Å². The van der Waals surface area contributed by atoms with Crippen molar-refractivity contribution in [3.8, 4) is 0 Å². The first-order valence-corrected chi connectivity index (χ1v) is 5.77. The molecule has 1 fully saturated rings. The molecule has 2 aliphatic carbocycles. The first-order chi connectivity index (χ1) is 6.79. The number of hydrogen-bond donors (Lipinski definition) is 0. The van der Waals surface area contributed by atoms with E-state index in [1.807, 2.05) is 12.2 Å². The summed E-state index contributed by atoms with van der Waals surface area (Å²) in [6.45, 7) is 7.83. The molecule has 0 aromatic rings. The Morgan fingerprint density at radius 3 is 1.79 bits per heavy atom. The number of allylic oxidation sites excluding steroid dienone is 4. The van der Waals surface area contributed by atoms with Crippen molar-refractivity contribution in [2.24, 2.45) is 5.41 Å². The Labute approximate surface area is 87.4 Å². The highest BCUT2D eigenvalue weighted by atomic mass is 14.4. The summed E-state index contributed by atoms with van der Waals surface area (Å²) in [5.41, 5.74) is 3.52. The van der Waals surface area contributed by atoms with E-state index in [0.29, 0.717) is 5.41 Å². The summed E-state index contributed by atoms with van der Waals surface area (Å²) < 4.78 is 0. The highest BCUT2D eigenvalue weighted by Crippen LogP contribution is 2.51. The predicted molar refractivity (Wildman–Crippen MR) is 62.2 cm³/mol. The van der Waals surface area contributed by atoms with E-state index in [2.05, 4.69) is 13.2 Å². The van der Waals surface area contributed by atoms with Crippen LogP contribution in [0.5, 0.6) is 0 Å². The standard InChI is InChI=1S/C14H20/c1-3-12-10-14(11-13(12)4-2)8-6-5-7-9-14/h3-4H,1-2,5-11H2. The molecule has 0 aromatic heterocycles. The minimum Gasteiger partial charge on any atom is -0.0988 e. The molecular weight excluding hydrogens is 168 g/mol. The smallest absolute Gasteiger partial charge is 0.0216 e. The predicted octanol–water partition coefficient (Wildman–Crippen LogP) is 4.40. The summed E-state index contributed by atoms with van der Waals surface area (Å²) in [5.74, 6) is 0. The van der Waals surface area contributed by atoms with Crippen molar-refractivity contribution in [2.75, 3.05) is 0 Å². The van der Waals surface area contributed by atoms with Gasteiger partial charge in [0.15, 0.2) is 0 Å². The van der Waals surface area contributed by atoms with E-state index in [4.69, 9.17) is 0 Å². The van der Waals surface area contributed by atoms with Gasteiger partial charge >= 0.3 is 0 Å². The average Bonchev–Trinajstić information content (AvgIpc) is 2.57. The maximum absolute atomic E-state index is 3.91. The Morgan fingerprint density at radius 2 is 1.36 bits per heavy atom. The molecule has 2 aliphatic rings. The molecule has 0 amide bonds. The van der Waals surface area contributed by atoms with Crippen molar-refractivity contribution in [1.82, 2.24) is 0 Å². The Kier molecular flexibility index (Phi) is 2.62. The van der Waals surface area contributed by atoms with E-state index < -0.39 is 0 Å². The van der Waals surface area contributed by atoms with Gasteiger partial charge in [-0.25, -0.2) is 0 Å². The van der Waals surface area contributed by atoms with Gasteiger partial charge in [-0.15, -0.1) is 0 Å². The van der Waals surface area contributed by atoms with Crippen molar-refractivity contribution in [2.45, 2.75) is 44.9 Å². The van der Waals surface area contributed by atoms with E-state index in [1.54, 1.807) is 0 Å². The first-order valence-electron chi connectivity index (χ1n) is 5.77. The molecule has 0 aliphatic heterocycles. The molecule has 14 heavy (non-hydrogen) atoms. The van der Waals surface area contributed by atoms with Crippen LogP contribution in [0.15, 0.2) is 36.5 Å². The highest BCUT2D eigenvalue weighted by molar-refractivity contribution is 5.38. The van der Waals surface area contributed by atoms with Crippen LogP contribution in [0, 0.1) is 5.41 Å². The molecule has 0 aromatic carbocycles. The van der Waals surface area contributed by atoms with Crippen LogP contribution in [-0.2, 0) is 0 Å². The number of rotatable bonds is 2. The van der Waals surface area contributed by atoms with Gasteiger partial charge in [0.2, 0.25) is 0 Å². The minimum atomic E-state index is 0.602. The molecule has 0 radical (unpaired) electrons. The van der Waals surface area contributed by atoms with Crippen molar-refractivity contribution < 1.29 is 0 Å². The summed E-state index contributed by atoms with van der Waals surface area (Å²) in [6.07, 6.45) is 13.7. The molecule has 0 heterocycles. The topological polar surface area (TPSA) is 0 Å². The molecule has 0 unspecified atom stereocenters. The zero-order valence-corrected chi connectivity index (χ0v) is 9.02. The maximum Gasteiger partial charge on any atom is -0.0216 e. The fourth-order valence-electron chi connectivity index (χ4n) is 3.16. The zero-order valence-electron chi connectivity index (χ0n) is 9.02.